The molecule has 2 unspecified atom stereocenters. The highest BCUT2D eigenvalue weighted by Crippen LogP contribution is 2.41. The molecule has 10 heteroatoms. The molecule has 10 nitrogen and oxygen atoms in total. The van der Waals surface area contributed by atoms with Gasteiger partial charge in [-0.3, -0.25) is 15.6 Å². The molecule has 1 aliphatic heterocycles. The summed E-state index contributed by atoms with van der Waals surface area (Å²) in [7, 11) is 1.18. The second kappa shape index (κ2) is 8.27. The number of nitrogens with zero attached hydrogens (tertiary/aromatic N) is 1. The van der Waals surface area contributed by atoms with E-state index in [1.54, 1.807) is 48.5 Å². The Hall–Kier alpha value is -4.21. The lowest BCUT2D eigenvalue weighted by molar-refractivity contribution is -0.171. The van der Waals surface area contributed by atoms with Crippen molar-refractivity contribution >= 4 is 29.3 Å². The summed E-state index contributed by atoms with van der Waals surface area (Å²) in [6.07, 6.45) is -0.0941. The van der Waals surface area contributed by atoms with E-state index in [1.807, 2.05) is 0 Å². The van der Waals surface area contributed by atoms with E-state index < -0.39 is 23.4 Å². The van der Waals surface area contributed by atoms with E-state index in [9.17, 15) is 9.59 Å². The number of ether oxygens (including phenoxy) is 1. The fourth-order valence-corrected chi connectivity index (χ4v) is 3.54. The van der Waals surface area contributed by atoms with Crippen LogP contribution in [0.25, 0.3) is 0 Å². The van der Waals surface area contributed by atoms with Gasteiger partial charge < -0.3 is 26.8 Å². The molecular formula is C21H22N6O4. The van der Waals surface area contributed by atoms with Crippen molar-refractivity contribution < 1.29 is 19.2 Å². The summed E-state index contributed by atoms with van der Waals surface area (Å²) < 4.78 is 4.94. The van der Waals surface area contributed by atoms with Crippen LogP contribution < -0.4 is 17.2 Å². The van der Waals surface area contributed by atoms with Gasteiger partial charge in [0.15, 0.2) is 0 Å². The summed E-state index contributed by atoms with van der Waals surface area (Å²) >= 11 is 0. The van der Waals surface area contributed by atoms with Crippen molar-refractivity contribution in [2.75, 3.05) is 7.11 Å². The zero-order chi connectivity index (χ0) is 22.8. The number of oxime groups is 1. The van der Waals surface area contributed by atoms with E-state index in [0.717, 1.165) is 0 Å². The zero-order valence-electron chi connectivity index (χ0n) is 16.7. The number of rotatable bonds is 7. The summed E-state index contributed by atoms with van der Waals surface area (Å²) in [6, 6.07) is 12.9. The number of primary amides is 1. The van der Waals surface area contributed by atoms with E-state index in [0.29, 0.717) is 28.0 Å². The van der Waals surface area contributed by atoms with Gasteiger partial charge >= 0.3 is 5.97 Å². The van der Waals surface area contributed by atoms with Crippen molar-refractivity contribution in [1.82, 2.24) is 0 Å². The summed E-state index contributed by atoms with van der Waals surface area (Å²) in [4.78, 5) is 30.9. The molecule has 160 valence electrons. The van der Waals surface area contributed by atoms with Gasteiger partial charge in [-0.25, -0.2) is 4.79 Å². The number of amidine groups is 2. The smallest absolute Gasteiger partial charge is 0.354 e. The molecule has 2 aromatic rings. The molecule has 0 saturated heterocycles. The summed E-state index contributed by atoms with van der Waals surface area (Å²) in [5, 5.41) is 19.2. The first-order valence-corrected chi connectivity index (χ1v) is 9.21. The van der Waals surface area contributed by atoms with Crippen molar-refractivity contribution in [3.8, 4) is 0 Å². The number of nitrogens with two attached hydrogens (primary N) is 3. The number of amides is 1. The molecule has 2 atom stereocenters. The zero-order valence-corrected chi connectivity index (χ0v) is 16.7. The molecule has 3 rings (SSSR count). The van der Waals surface area contributed by atoms with Gasteiger partial charge in [0.1, 0.15) is 17.6 Å². The third-order valence-electron chi connectivity index (χ3n) is 5.09. The highest BCUT2D eigenvalue weighted by Gasteiger charge is 2.57. The Morgan fingerprint density at radius 2 is 1.71 bits per heavy atom. The van der Waals surface area contributed by atoms with Gasteiger partial charge in [0.2, 0.25) is 5.91 Å². The number of carbonyl (C=O) groups is 2. The van der Waals surface area contributed by atoms with Gasteiger partial charge in [-0.05, 0) is 11.6 Å². The van der Waals surface area contributed by atoms with Crippen molar-refractivity contribution in [1.29, 1.82) is 10.8 Å². The second-order valence-corrected chi connectivity index (χ2v) is 7.05. The summed E-state index contributed by atoms with van der Waals surface area (Å²) in [5.74, 6) is -3.11. The molecule has 8 N–H and O–H groups in total. The molecular weight excluding hydrogens is 400 g/mol. The van der Waals surface area contributed by atoms with Crippen molar-refractivity contribution in [3.63, 3.8) is 0 Å². The number of carbonyl (C=O) groups excluding carboxylic acids is 2. The Kier molecular flexibility index (Phi) is 5.73. The molecule has 0 aliphatic carbocycles. The van der Waals surface area contributed by atoms with Crippen LogP contribution in [0.2, 0.25) is 0 Å². The number of esters is 1. The molecule has 31 heavy (non-hydrogen) atoms. The minimum atomic E-state index is -1.82. The predicted molar refractivity (Wildman–Crippen MR) is 114 cm³/mol. The quantitative estimate of drug-likeness (QED) is 0.246. The molecule has 1 aliphatic rings. The standard InChI is InChI=1S/C21H22N6O4/c1-30-20(29)21(16(19(26)28)11-5-7-12(8-6-11)17(22)23)10-15(27-31-21)13-3-2-4-14(9-13)18(24)25/h2-9,16H,10H2,1H3,(H3,22,23)(H3,24,25)(H2,26,28). The van der Waals surface area contributed by atoms with Crippen LogP contribution in [0.5, 0.6) is 0 Å². The van der Waals surface area contributed by atoms with Crippen LogP contribution in [0.4, 0.5) is 0 Å². The maximum Gasteiger partial charge on any atom is 0.354 e. The first-order valence-electron chi connectivity index (χ1n) is 9.21. The van der Waals surface area contributed by atoms with Crippen molar-refractivity contribution in [3.05, 3.63) is 70.8 Å². The Labute approximate surface area is 178 Å². The molecule has 1 amide bonds. The number of methoxy groups -OCH3 is 1. The average molecular weight is 422 g/mol. The molecule has 0 radical (unpaired) electrons. The second-order valence-electron chi connectivity index (χ2n) is 7.05. The SMILES string of the molecule is COC(=O)C1(C(C(N)=O)c2ccc(C(=N)N)cc2)CC(c2cccc(C(=N)N)c2)=NO1. The highest BCUT2D eigenvalue weighted by atomic mass is 16.7. The molecule has 0 saturated carbocycles. The fourth-order valence-electron chi connectivity index (χ4n) is 3.54. The first kappa shape index (κ1) is 21.5. The van der Waals surface area contributed by atoms with E-state index in [-0.39, 0.29) is 18.1 Å². The number of hydrogen-bond acceptors (Lipinski definition) is 7. The van der Waals surface area contributed by atoms with Gasteiger partial charge in [-0.1, -0.05) is 47.6 Å². The lowest BCUT2D eigenvalue weighted by Crippen LogP contribution is -2.50. The van der Waals surface area contributed by atoms with Gasteiger partial charge in [0, 0.05) is 23.1 Å². The van der Waals surface area contributed by atoms with Crippen LogP contribution in [-0.2, 0) is 19.2 Å². The maximum absolute atomic E-state index is 12.8. The molecule has 0 spiro atoms. The van der Waals surface area contributed by atoms with Crippen LogP contribution >= 0.6 is 0 Å². The molecule has 0 aromatic heterocycles. The van der Waals surface area contributed by atoms with E-state index >= 15 is 0 Å². The molecule has 0 fully saturated rings. The van der Waals surface area contributed by atoms with E-state index in [4.69, 9.17) is 37.6 Å². The predicted octanol–water partition coefficient (Wildman–Crippen LogP) is 0.560. The topological polar surface area (TPSA) is 191 Å². The number of hydrogen-bond donors (Lipinski definition) is 5. The van der Waals surface area contributed by atoms with Crippen LogP contribution in [0, 0.1) is 10.8 Å². The minimum absolute atomic E-state index is 0.0941. The Morgan fingerprint density at radius 3 is 2.26 bits per heavy atom. The van der Waals surface area contributed by atoms with E-state index in [1.165, 1.54) is 7.11 Å². The molecule has 0 bridgehead atoms. The highest BCUT2D eigenvalue weighted by molar-refractivity contribution is 6.08. The molecule has 1 heterocycles. The summed E-state index contributed by atoms with van der Waals surface area (Å²) in [6.45, 7) is 0. The monoisotopic (exact) mass is 422 g/mol. The van der Waals surface area contributed by atoms with Crippen molar-refractivity contribution in [2.24, 2.45) is 22.4 Å². The van der Waals surface area contributed by atoms with E-state index in [2.05, 4.69) is 5.16 Å². The third-order valence-corrected chi connectivity index (χ3v) is 5.09. The average Bonchev–Trinajstić information content (AvgIpc) is 3.19. The minimum Gasteiger partial charge on any atom is -0.466 e. The number of benzene rings is 2. The first-order chi connectivity index (χ1) is 14.7. The normalized spacial score (nSPS) is 18.4. The molecule has 2 aromatic carbocycles. The Bertz CT molecular complexity index is 1100. The van der Waals surface area contributed by atoms with Gasteiger partial charge in [-0.15, -0.1) is 0 Å². The van der Waals surface area contributed by atoms with Gasteiger partial charge in [-0.2, -0.15) is 0 Å². The third kappa shape index (κ3) is 3.95. The van der Waals surface area contributed by atoms with Gasteiger partial charge in [0.25, 0.3) is 5.60 Å². The van der Waals surface area contributed by atoms with Crippen molar-refractivity contribution in [2.45, 2.75) is 17.9 Å². The fraction of sp³-hybridized carbons (Fsp3) is 0.190. The number of nitrogens with one attached hydrogen (secondary N) is 2. The maximum atomic E-state index is 12.8. The Balaban J connectivity index is 2.03. The van der Waals surface area contributed by atoms with Crippen LogP contribution in [0.15, 0.2) is 53.7 Å². The largest absolute Gasteiger partial charge is 0.466 e. The summed E-state index contributed by atoms with van der Waals surface area (Å²) in [5.41, 5.74) is 17.2. The number of nitrogen functional groups attached to an aromatic ring is 2. The van der Waals surface area contributed by atoms with Crippen LogP contribution in [0.1, 0.15) is 34.6 Å². The van der Waals surface area contributed by atoms with Gasteiger partial charge in [0.05, 0.1) is 12.8 Å². The Morgan fingerprint density at radius 1 is 1.06 bits per heavy atom. The lowest BCUT2D eigenvalue weighted by atomic mass is 9.77. The van der Waals surface area contributed by atoms with Crippen LogP contribution in [0.3, 0.4) is 0 Å². The lowest BCUT2D eigenvalue weighted by Gasteiger charge is -2.30. The van der Waals surface area contributed by atoms with Crippen LogP contribution in [-0.4, -0.2) is 42.0 Å².